The van der Waals surface area contributed by atoms with Gasteiger partial charge in [-0.2, -0.15) is 5.10 Å². The van der Waals surface area contributed by atoms with Crippen molar-refractivity contribution in [2.75, 3.05) is 0 Å². The molecule has 0 aliphatic rings. The molecule has 1 atom stereocenters. The monoisotopic (exact) mass is 270 g/mol. The molecule has 0 bridgehead atoms. The van der Waals surface area contributed by atoms with Crippen LogP contribution in [0.25, 0.3) is 0 Å². The molecule has 92 valence electrons. The second kappa shape index (κ2) is 5.62. The van der Waals surface area contributed by atoms with Crippen molar-refractivity contribution in [1.29, 1.82) is 0 Å². The number of rotatable bonds is 5. The van der Waals surface area contributed by atoms with Crippen LogP contribution in [0.5, 0.6) is 0 Å². The average Bonchev–Trinajstić information content (AvgIpc) is 2.89. The van der Waals surface area contributed by atoms with Gasteiger partial charge in [-0.1, -0.05) is 18.5 Å². The standard InChI is InChI=1S/C11H15ClN4S/c1-2-4-16-10(14-7-15-16)6-9(13)11-8(12)3-5-17-11/h3,5,7,9H,2,4,6,13H2,1H3. The highest BCUT2D eigenvalue weighted by molar-refractivity contribution is 7.10. The minimum absolute atomic E-state index is 0.109. The SMILES string of the molecule is CCCn1ncnc1CC(N)c1sccc1Cl. The molecule has 1 unspecified atom stereocenters. The fourth-order valence-corrected chi connectivity index (χ4v) is 2.91. The molecule has 0 amide bonds. The number of nitrogens with zero attached hydrogens (tertiary/aromatic N) is 3. The topological polar surface area (TPSA) is 56.7 Å². The summed E-state index contributed by atoms with van der Waals surface area (Å²) in [5, 5.41) is 6.88. The third-order valence-corrected chi connectivity index (χ3v) is 4.01. The molecule has 2 heterocycles. The predicted molar refractivity (Wildman–Crippen MR) is 70.3 cm³/mol. The van der Waals surface area contributed by atoms with Crippen LogP contribution < -0.4 is 5.73 Å². The highest BCUT2D eigenvalue weighted by Crippen LogP contribution is 2.28. The van der Waals surface area contributed by atoms with Gasteiger partial charge in [-0.05, 0) is 17.9 Å². The zero-order chi connectivity index (χ0) is 12.3. The number of aryl methyl sites for hydroxylation is 1. The second-order valence-electron chi connectivity index (χ2n) is 3.84. The van der Waals surface area contributed by atoms with Crippen molar-refractivity contribution in [2.45, 2.75) is 32.4 Å². The minimum atomic E-state index is -0.109. The van der Waals surface area contributed by atoms with E-state index in [9.17, 15) is 0 Å². The van der Waals surface area contributed by atoms with E-state index in [2.05, 4.69) is 17.0 Å². The number of nitrogens with two attached hydrogens (primary N) is 1. The number of halogens is 1. The Hall–Kier alpha value is -0.910. The van der Waals surface area contributed by atoms with E-state index in [1.807, 2.05) is 16.1 Å². The molecule has 2 aromatic rings. The molecule has 0 saturated heterocycles. The Labute approximate surface area is 109 Å². The summed E-state index contributed by atoms with van der Waals surface area (Å²) < 4.78 is 1.90. The van der Waals surface area contributed by atoms with E-state index in [1.54, 1.807) is 17.7 Å². The average molecular weight is 271 g/mol. The van der Waals surface area contributed by atoms with E-state index < -0.39 is 0 Å². The lowest BCUT2D eigenvalue weighted by molar-refractivity contribution is 0.550. The van der Waals surface area contributed by atoms with Crippen LogP contribution in [0.2, 0.25) is 5.02 Å². The molecule has 0 spiro atoms. The summed E-state index contributed by atoms with van der Waals surface area (Å²) in [6.45, 7) is 2.99. The van der Waals surface area contributed by atoms with Crippen molar-refractivity contribution in [1.82, 2.24) is 14.8 Å². The van der Waals surface area contributed by atoms with Gasteiger partial charge < -0.3 is 5.73 Å². The maximum absolute atomic E-state index is 6.14. The van der Waals surface area contributed by atoms with Crippen LogP contribution in [0.4, 0.5) is 0 Å². The van der Waals surface area contributed by atoms with E-state index in [4.69, 9.17) is 17.3 Å². The van der Waals surface area contributed by atoms with Gasteiger partial charge in [0, 0.05) is 23.9 Å². The molecule has 2 rings (SSSR count). The number of hydrogen-bond donors (Lipinski definition) is 1. The Bertz CT molecular complexity index is 479. The van der Waals surface area contributed by atoms with Crippen molar-refractivity contribution in [3.05, 3.63) is 33.5 Å². The fraction of sp³-hybridized carbons (Fsp3) is 0.455. The quantitative estimate of drug-likeness (QED) is 0.909. The third kappa shape index (κ3) is 2.86. The Balaban J connectivity index is 2.10. The largest absolute Gasteiger partial charge is 0.323 e. The Morgan fingerprint density at radius 2 is 2.41 bits per heavy atom. The first-order valence-corrected chi connectivity index (χ1v) is 6.83. The van der Waals surface area contributed by atoms with E-state index >= 15 is 0 Å². The minimum Gasteiger partial charge on any atom is -0.323 e. The summed E-state index contributed by atoms with van der Waals surface area (Å²) in [6, 6.07) is 1.76. The van der Waals surface area contributed by atoms with Crippen LogP contribution in [0.1, 0.15) is 30.1 Å². The number of thiophene rings is 1. The molecule has 2 aromatic heterocycles. The lowest BCUT2D eigenvalue weighted by Crippen LogP contribution is -2.16. The van der Waals surface area contributed by atoms with Crippen LogP contribution in [0, 0.1) is 0 Å². The van der Waals surface area contributed by atoms with Crippen LogP contribution >= 0.6 is 22.9 Å². The maximum atomic E-state index is 6.14. The normalized spacial score (nSPS) is 12.9. The summed E-state index contributed by atoms with van der Waals surface area (Å²) in [6.07, 6.45) is 3.28. The molecule has 0 saturated carbocycles. The van der Waals surface area contributed by atoms with Crippen LogP contribution in [0.3, 0.4) is 0 Å². The molecule has 0 aliphatic carbocycles. The van der Waals surface area contributed by atoms with Gasteiger partial charge in [-0.15, -0.1) is 11.3 Å². The summed E-state index contributed by atoms with van der Waals surface area (Å²) in [5.74, 6) is 0.920. The summed E-state index contributed by atoms with van der Waals surface area (Å²) in [5.41, 5.74) is 6.14. The van der Waals surface area contributed by atoms with E-state index in [0.29, 0.717) is 6.42 Å². The van der Waals surface area contributed by atoms with Gasteiger partial charge in [0.1, 0.15) is 12.2 Å². The lowest BCUT2D eigenvalue weighted by atomic mass is 10.2. The number of aromatic nitrogens is 3. The Kier molecular flexibility index (Phi) is 4.15. The molecular formula is C11H15ClN4S. The first-order valence-electron chi connectivity index (χ1n) is 5.57. The molecule has 4 nitrogen and oxygen atoms in total. The Morgan fingerprint density at radius 1 is 1.59 bits per heavy atom. The Morgan fingerprint density at radius 3 is 3.06 bits per heavy atom. The molecule has 6 heteroatoms. The molecule has 0 fully saturated rings. The highest BCUT2D eigenvalue weighted by atomic mass is 35.5. The zero-order valence-corrected chi connectivity index (χ0v) is 11.2. The highest BCUT2D eigenvalue weighted by Gasteiger charge is 2.15. The van der Waals surface area contributed by atoms with Crippen molar-refractivity contribution in [2.24, 2.45) is 5.73 Å². The molecular weight excluding hydrogens is 256 g/mol. The van der Waals surface area contributed by atoms with Gasteiger partial charge in [0.15, 0.2) is 0 Å². The molecule has 2 N–H and O–H groups in total. The smallest absolute Gasteiger partial charge is 0.138 e. The van der Waals surface area contributed by atoms with Gasteiger partial charge >= 0.3 is 0 Å². The van der Waals surface area contributed by atoms with Gasteiger partial charge in [0.25, 0.3) is 0 Å². The van der Waals surface area contributed by atoms with Crippen molar-refractivity contribution < 1.29 is 0 Å². The lowest BCUT2D eigenvalue weighted by Gasteiger charge is -2.10. The first-order chi connectivity index (χ1) is 8.22. The van der Waals surface area contributed by atoms with Crippen LogP contribution in [0.15, 0.2) is 17.8 Å². The van der Waals surface area contributed by atoms with Crippen molar-refractivity contribution >= 4 is 22.9 Å². The summed E-state index contributed by atoms with van der Waals surface area (Å²) in [4.78, 5) is 5.26. The van der Waals surface area contributed by atoms with Crippen molar-refractivity contribution in [3.63, 3.8) is 0 Å². The van der Waals surface area contributed by atoms with Crippen LogP contribution in [-0.2, 0) is 13.0 Å². The van der Waals surface area contributed by atoms with Gasteiger partial charge in [0.2, 0.25) is 0 Å². The van der Waals surface area contributed by atoms with E-state index in [1.165, 1.54) is 0 Å². The molecule has 0 radical (unpaired) electrons. The third-order valence-electron chi connectivity index (χ3n) is 2.52. The molecule has 0 aromatic carbocycles. The van der Waals surface area contributed by atoms with Gasteiger partial charge in [0.05, 0.1) is 5.02 Å². The van der Waals surface area contributed by atoms with E-state index in [0.717, 1.165) is 28.7 Å². The second-order valence-corrected chi connectivity index (χ2v) is 5.20. The molecule has 17 heavy (non-hydrogen) atoms. The molecule has 0 aliphatic heterocycles. The first kappa shape index (κ1) is 12.5. The predicted octanol–water partition coefficient (Wildman–Crippen LogP) is 2.65. The van der Waals surface area contributed by atoms with Crippen molar-refractivity contribution in [3.8, 4) is 0 Å². The van der Waals surface area contributed by atoms with Crippen LogP contribution in [-0.4, -0.2) is 14.8 Å². The fourth-order valence-electron chi connectivity index (χ4n) is 1.70. The number of hydrogen-bond acceptors (Lipinski definition) is 4. The van der Waals surface area contributed by atoms with E-state index in [-0.39, 0.29) is 6.04 Å². The maximum Gasteiger partial charge on any atom is 0.138 e. The summed E-state index contributed by atoms with van der Waals surface area (Å²) >= 11 is 7.65. The summed E-state index contributed by atoms with van der Waals surface area (Å²) in [7, 11) is 0. The zero-order valence-electron chi connectivity index (χ0n) is 9.64. The van der Waals surface area contributed by atoms with Gasteiger partial charge in [-0.3, -0.25) is 4.68 Å². The van der Waals surface area contributed by atoms with Gasteiger partial charge in [-0.25, -0.2) is 4.98 Å².